The Kier molecular flexibility index (Phi) is 6.42. The minimum Gasteiger partial charge on any atom is -0.379 e. The summed E-state index contributed by atoms with van der Waals surface area (Å²) >= 11 is 6.01. The van der Waals surface area contributed by atoms with Gasteiger partial charge in [0.1, 0.15) is 5.82 Å². The average Bonchev–Trinajstić information content (AvgIpc) is 2.68. The van der Waals surface area contributed by atoms with Crippen LogP contribution in [-0.2, 0) is 14.8 Å². The van der Waals surface area contributed by atoms with Gasteiger partial charge in [0.25, 0.3) is 5.91 Å². The fourth-order valence-corrected chi connectivity index (χ4v) is 4.57. The molecule has 7 nitrogen and oxygen atoms in total. The van der Waals surface area contributed by atoms with E-state index in [0.717, 1.165) is 18.2 Å². The fraction of sp³-hybridized carbons (Fsp3) is 0.316. The summed E-state index contributed by atoms with van der Waals surface area (Å²) in [5, 5.41) is 3.01. The quantitative estimate of drug-likeness (QED) is 0.771. The van der Waals surface area contributed by atoms with Crippen molar-refractivity contribution in [2.24, 2.45) is 0 Å². The third-order valence-electron chi connectivity index (χ3n) is 4.48. The van der Waals surface area contributed by atoms with Gasteiger partial charge >= 0.3 is 0 Å². The normalized spacial score (nSPS) is 15.2. The number of morpholine rings is 1. The third kappa shape index (κ3) is 4.69. The van der Waals surface area contributed by atoms with Crippen LogP contribution in [-0.4, -0.2) is 59.0 Å². The molecule has 1 fully saturated rings. The minimum absolute atomic E-state index is 0.148. The number of hydrogen-bond acceptors (Lipinski definition) is 5. The van der Waals surface area contributed by atoms with Gasteiger partial charge in [0.05, 0.1) is 35.0 Å². The lowest BCUT2D eigenvalue weighted by atomic mass is 10.2. The number of rotatable bonds is 5. The van der Waals surface area contributed by atoms with Gasteiger partial charge in [-0.15, -0.1) is 0 Å². The molecule has 1 aliphatic rings. The summed E-state index contributed by atoms with van der Waals surface area (Å²) in [6.45, 7) is 0.984. The molecule has 0 saturated carbocycles. The number of carbonyl (C=O) groups is 1. The number of sulfonamides is 1. The molecule has 0 unspecified atom stereocenters. The van der Waals surface area contributed by atoms with Gasteiger partial charge in [0, 0.05) is 32.2 Å². The molecule has 3 rings (SSSR count). The highest BCUT2D eigenvalue weighted by molar-refractivity contribution is 7.89. The summed E-state index contributed by atoms with van der Waals surface area (Å²) in [5.41, 5.74) is 0.678. The van der Waals surface area contributed by atoms with Crippen molar-refractivity contribution in [3.05, 3.63) is 52.8 Å². The van der Waals surface area contributed by atoms with E-state index in [9.17, 15) is 17.6 Å². The topological polar surface area (TPSA) is 79.0 Å². The highest BCUT2D eigenvalue weighted by atomic mass is 35.5. The van der Waals surface area contributed by atoms with Crippen molar-refractivity contribution in [3.8, 4) is 0 Å². The molecule has 10 heteroatoms. The number of nitrogens with one attached hydrogen (secondary N) is 1. The maximum absolute atomic E-state index is 14.4. The smallest absolute Gasteiger partial charge is 0.258 e. The van der Waals surface area contributed by atoms with Crippen molar-refractivity contribution in [1.82, 2.24) is 4.31 Å². The lowest BCUT2D eigenvalue weighted by Crippen LogP contribution is -2.40. The van der Waals surface area contributed by atoms with E-state index >= 15 is 0 Å². The van der Waals surface area contributed by atoms with Crippen LogP contribution in [0.2, 0.25) is 5.02 Å². The number of carbonyl (C=O) groups excluding carboxylic acids is 1. The molecule has 0 bridgehead atoms. The van der Waals surface area contributed by atoms with E-state index in [4.69, 9.17) is 16.3 Å². The molecule has 2 aromatic carbocycles. The summed E-state index contributed by atoms with van der Waals surface area (Å²) in [7, 11) is -0.285. The molecule has 1 heterocycles. The van der Waals surface area contributed by atoms with E-state index < -0.39 is 21.7 Å². The molecule has 2 aromatic rings. The second-order valence-electron chi connectivity index (χ2n) is 6.67. The Labute approximate surface area is 174 Å². The average molecular weight is 442 g/mol. The van der Waals surface area contributed by atoms with E-state index in [1.165, 1.54) is 4.31 Å². The Morgan fingerprint density at radius 1 is 1.17 bits per heavy atom. The van der Waals surface area contributed by atoms with Crippen molar-refractivity contribution in [2.45, 2.75) is 4.90 Å². The van der Waals surface area contributed by atoms with Crippen LogP contribution >= 0.6 is 11.6 Å². The number of amides is 1. The zero-order valence-corrected chi connectivity index (χ0v) is 17.6. The first-order valence-electron chi connectivity index (χ1n) is 8.86. The van der Waals surface area contributed by atoms with Crippen LogP contribution in [0.1, 0.15) is 10.4 Å². The van der Waals surface area contributed by atoms with Crippen molar-refractivity contribution < 1.29 is 22.3 Å². The monoisotopic (exact) mass is 441 g/mol. The number of halogens is 2. The van der Waals surface area contributed by atoms with Crippen LogP contribution in [0.4, 0.5) is 15.8 Å². The van der Waals surface area contributed by atoms with Gasteiger partial charge in [-0.25, -0.2) is 12.8 Å². The predicted molar refractivity (Wildman–Crippen MR) is 110 cm³/mol. The second-order valence-corrected chi connectivity index (χ2v) is 9.04. The van der Waals surface area contributed by atoms with Crippen molar-refractivity contribution in [3.63, 3.8) is 0 Å². The molecule has 1 aliphatic heterocycles. The summed E-state index contributed by atoms with van der Waals surface area (Å²) in [6.07, 6.45) is 0. The van der Waals surface area contributed by atoms with E-state index in [2.05, 4.69) is 5.32 Å². The summed E-state index contributed by atoms with van der Waals surface area (Å²) in [6, 6.07) is 8.11. The van der Waals surface area contributed by atoms with Crippen LogP contribution in [0, 0.1) is 5.82 Å². The van der Waals surface area contributed by atoms with Crippen molar-refractivity contribution >= 4 is 38.9 Å². The Morgan fingerprint density at radius 3 is 2.52 bits per heavy atom. The van der Waals surface area contributed by atoms with E-state index in [-0.39, 0.29) is 36.8 Å². The van der Waals surface area contributed by atoms with Gasteiger partial charge in [-0.2, -0.15) is 4.31 Å². The molecular formula is C19H21ClFN3O4S. The Morgan fingerprint density at radius 2 is 1.86 bits per heavy atom. The molecule has 1 saturated heterocycles. The predicted octanol–water partition coefficient (Wildman–Crippen LogP) is 2.82. The van der Waals surface area contributed by atoms with Crippen LogP contribution in [0.3, 0.4) is 0 Å². The van der Waals surface area contributed by atoms with E-state index in [1.54, 1.807) is 37.2 Å². The molecule has 0 spiro atoms. The maximum atomic E-state index is 14.4. The van der Waals surface area contributed by atoms with Crippen molar-refractivity contribution in [2.75, 3.05) is 50.6 Å². The molecule has 0 radical (unpaired) electrons. The maximum Gasteiger partial charge on any atom is 0.258 e. The van der Waals surface area contributed by atoms with Gasteiger partial charge < -0.3 is 15.0 Å². The van der Waals surface area contributed by atoms with Crippen LogP contribution in [0.5, 0.6) is 0 Å². The first-order valence-corrected chi connectivity index (χ1v) is 10.7. The lowest BCUT2D eigenvalue weighted by Gasteiger charge is -2.26. The molecular weight excluding hydrogens is 421 g/mol. The zero-order chi connectivity index (χ0) is 21.2. The lowest BCUT2D eigenvalue weighted by molar-refractivity contribution is 0.0730. The first kappa shape index (κ1) is 21.5. The second kappa shape index (κ2) is 8.66. The number of ether oxygens (including phenoxy) is 1. The largest absolute Gasteiger partial charge is 0.379 e. The summed E-state index contributed by atoms with van der Waals surface area (Å²) in [4.78, 5) is 14.4. The third-order valence-corrected chi connectivity index (χ3v) is 6.61. The molecule has 156 valence electrons. The molecule has 0 aromatic heterocycles. The van der Waals surface area contributed by atoms with E-state index in [1.807, 2.05) is 0 Å². The van der Waals surface area contributed by atoms with Gasteiger partial charge in [-0.1, -0.05) is 11.6 Å². The SMILES string of the molecule is CN(C)c1ccc(Cl)cc1NC(=O)c1cc(S(=O)(=O)N2CCOCC2)ccc1F. The first-order chi connectivity index (χ1) is 13.7. The highest BCUT2D eigenvalue weighted by Gasteiger charge is 2.28. The molecule has 1 amide bonds. The summed E-state index contributed by atoms with van der Waals surface area (Å²) < 4.78 is 46.4. The van der Waals surface area contributed by atoms with Crippen LogP contribution < -0.4 is 10.2 Å². The van der Waals surface area contributed by atoms with E-state index in [0.29, 0.717) is 16.4 Å². The molecule has 29 heavy (non-hydrogen) atoms. The van der Waals surface area contributed by atoms with Gasteiger partial charge in [-0.3, -0.25) is 4.79 Å². The number of benzene rings is 2. The molecule has 0 atom stereocenters. The molecule has 1 N–H and O–H groups in total. The minimum atomic E-state index is -3.86. The zero-order valence-electron chi connectivity index (χ0n) is 16.0. The Balaban J connectivity index is 1.92. The fourth-order valence-electron chi connectivity index (χ4n) is 2.96. The van der Waals surface area contributed by atoms with Crippen LogP contribution in [0.15, 0.2) is 41.3 Å². The standard InChI is InChI=1S/C19H21ClFN3O4S/c1-23(2)18-6-3-13(20)11-17(18)22-19(25)15-12-14(4-5-16(15)21)29(26,27)24-7-9-28-10-8-24/h3-6,11-12H,7-10H2,1-2H3,(H,22,25). The van der Waals surface area contributed by atoms with Gasteiger partial charge in [0.15, 0.2) is 0 Å². The Hall–Kier alpha value is -2.20. The number of anilines is 2. The Bertz CT molecular complexity index is 1020. The molecule has 0 aliphatic carbocycles. The number of hydrogen-bond donors (Lipinski definition) is 1. The van der Waals surface area contributed by atoms with Crippen molar-refractivity contribution in [1.29, 1.82) is 0 Å². The van der Waals surface area contributed by atoms with Gasteiger partial charge in [0.2, 0.25) is 10.0 Å². The van der Waals surface area contributed by atoms with Gasteiger partial charge in [-0.05, 0) is 36.4 Å². The highest BCUT2D eigenvalue weighted by Crippen LogP contribution is 2.29. The van der Waals surface area contributed by atoms with Crippen LogP contribution in [0.25, 0.3) is 0 Å². The number of nitrogens with zero attached hydrogens (tertiary/aromatic N) is 2. The summed E-state index contributed by atoms with van der Waals surface area (Å²) in [5.74, 6) is -1.59.